The number of aromatic nitrogens is 1. The molecule has 0 aliphatic heterocycles. The van der Waals surface area contributed by atoms with Gasteiger partial charge in [0, 0.05) is 34.2 Å². The van der Waals surface area contributed by atoms with Gasteiger partial charge in [-0.15, -0.1) is 11.3 Å². The number of carboxylic acids is 1. The van der Waals surface area contributed by atoms with Crippen LogP contribution in [0.15, 0.2) is 41.5 Å². The van der Waals surface area contributed by atoms with Crippen molar-refractivity contribution in [2.45, 2.75) is 33.3 Å². The fraction of sp³-hybridized carbons (Fsp3) is 0.321. The average Bonchev–Trinajstić information content (AvgIpc) is 3.38. The van der Waals surface area contributed by atoms with Crippen molar-refractivity contribution >= 4 is 57.6 Å². The molecule has 0 aliphatic rings. The van der Waals surface area contributed by atoms with Gasteiger partial charge < -0.3 is 19.3 Å². The molecule has 0 radical (unpaired) electrons. The summed E-state index contributed by atoms with van der Waals surface area (Å²) in [5, 5.41) is 14.3. The Bertz CT molecular complexity index is 1330. The number of hydrogen-bond donors (Lipinski definition) is 2. The highest BCUT2D eigenvalue weighted by atomic mass is 35.5. The first-order chi connectivity index (χ1) is 18.7. The highest BCUT2D eigenvalue weighted by Gasteiger charge is 2.18. The van der Waals surface area contributed by atoms with Gasteiger partial charge in [-0.25, -0.2) is 9.78 Å². The molecule has 0 aliphatic carbocycles. The summed E-state index contributed by atoms with van der Waals surface area (Å²) >= 11 is 13.8. The van der Waals surface area contributed by atoms with Crippen LogP contribution < -0.4 is 10.1 Å². The van der Waals surface area contributed by atoms with Crippen LogP contribution in [-0.2, 0) is 20.9 Å². The number of carboxylic acid groups (broad SMARTS) is 1. The minimum Gasteiger partial charge on any atom is -0.496 e. The van der Waals surface area contributed by atoms with E-state index in [0.29, 0.717) is 35.7 Å². The van der Waals surface area contributed by atoms with E-state index in [4.69, 9.17) is 42.5 Å². The molecular formula is C28H30Cl2N2O6S. The van der Waals surface area contributed by atoms with Gasteiger partial charge in [0.1, 0.15) is 5.75 Å². The van der Waals surface area contributed by atoms with E-state index in [1.165, 1.54) is 36.7 Å². The predicted molar refractivity (Wildman–Crippen MR) is 155 cm³/mol. The maximum Gasteiger partial charge on any atom is 0.371 e. The first-order valence-electron chi connectivity index (χ1n) is 12.2. The Kier molecular flexibility index (Phi) is 11.2. The zero-order chi connectivity index (χ0) is 28.5. The molecule has 0 bridgehead atoms. The van der Waals surface area contributed by atoms with E-state index >= 15 is 0 Å². The Balaban J connectivity index is 1.78. The summed E-state index contributed by atoms with van der Waals surface area (Å²) in [6.45, 7) is 5.43. The molecule has 0 fully saturated rings. The lowest BCUT2D eigenvalue weighted by Crippen LogP contribution is -2.12. The molecule has 3 aromatic rings. The largest absolute Gasteiger partial charge is 0.496 e. The maximum absolute atomic E-state index is 12.9. The standard InChI is InChI=1S/C28H30Cl2N2O6S/c1-5-16(6-2)13-38-14-17-8-7-9-19(25(17)37-4)23-15-39-28(31-23)32-26(33)18-10-21(29)20(22(30)11-18)12-24(36-3)27(34)35/h7-12,15-16H,5-6,13-14H2,1-4H3,(H,34,35)(H,31,32,33). The monoisotopic (exact) mass is 592 g/mol. The van der Waals surface area contributed by atoms with Crippen LogP contribution in [0.4, 0.5) is 5.13 Å². The van der Waals surface area contributed by atoms with Crippen LogP contribution >= 0.6 is 34.5 Å². The Morgan fingerprint density at radius 1 is 1.15 bits per heavy atom. The quantitative estimate of drug-likeness (QED) is 0.157. The number of carbonyl (C=O) groups is 2. The van der Waals surface area contributed by atoms with Crippen molar-refractivity contribution < 1.29 is 28.9 Å². The minimum atomic E-state index is -1.28. The molecule has 3 rings (SSSR count). The van der Waals surface area contributed by atoms with Gasteiger partial charge in [-0.3, -0.25) is 10.1 Å². The summed E-state index contributed by atoms with van der Waals surface area (Å²) in [7, 11) is 2.83. The molecule has 0 saturated heterocycles. The molecule has 0 unspecified atom stereocenters. The maximum atomic E-state index is 12.9. The number of anilines is 1. The molecular weight excluding hydrogens is 563 g/mol. The summed E-state index contributed by atoms with van der Waals surface area (Å²) in [6.07, 6.45) is 3.33. The Hall–Kier alpha value is -3.11. The Morgan fingerprint density at radius 2 is 1.85 bits per heavy atom. The third-order valence-corrected chi connectivity index (χ3v) is 7.50. The highest BCUT2D eigenvalue weighted by molar-refractivity contribution is 7.14. The number of methoxy groups -OCH3 is 2. The second kappa shape index (κ2) is 14.3. The second-order valence-corrected chi connectivity index (χ2v) is 10.2. The van der Waals surface area contributed by atoms with E-state index in [9.17, 15) is 9.59 Å². The number of aliphatic carboxylic acids is 1. The molecule has 2 N–H and O–H groups in total. The van der Waals surface area contributed by atoms with Crippen LogP contribution in [0.3, 0.4) is 0 Å². The van der Waals surface area contributed by atoms with E-state index in [2.05, 4.69) is 24.1 Å². The van der Waals surface area contributed by atoms with Gasteiger partial charge in [0.15, 0.2) is 5.13 Å². The van der Waals surface area contributed by atoms with Crippen LogP contribution in [0.2, 0.25) is 10.0 Å². The molecule has 39 heavy (non-hydrogen) atoms. The molecule has 0 atom stereocenters. The molecule has 0 saturated carbocycles. The minimum absolute atomic E-state index is 0.0937. The molecule has 1 heterocycles. The number of ether oxygens (including phenoxy) is 3. The average molecular weight is 594 g/mol. The lowest BCUT2D eigenvalue weighted by Gasteiger charge is -2.15. The number of benzene rings is 2. The van der Waals surface area contributed by atoms with Crippen molar-refractivity contribution in [3.8, 4) is 17.0 Å². The van der Waals surface area contributed by atoms with Crippen LogP contribution in [0.5, 0.6) is 5.75 Å². The number of halogens is 2. The molecule has 8 nitrogen and oxygen atoms in total. The lowest BCUT2D eigenvalue weighted by atomic mass is 10.1. The lowest BCUT2D eigenvalue weighted by molar-refractivity contribution is -0.135. The zero-order valence-corrected chi connectivity index (χ0v) is 24.4. The molecule has 208 valence electrons. The Morgan fingerprint density at radius 3 is 2.44 bits per heavy atom. The SMILES string of the molecule is CCC(CC)COCc1cccc(-c2csc(NC(=O)c3cc(Cl)c(C=C(OC)C(=O)O)c(Cl)c3)n2)c1OC. The summed E-state index contributed by atoms with van der Waals surface area (Å²) in [5.74, 6) is -0.903. The van der Waals surface area contributed by atoms with Gasteiger partial charge in [0.2, 0.25) is 5.76 Å². The van der Waals surface area contributed by atoms with Gasteiger partial charge in [-0.2, -0.15) is 0 Å². The topological polar surface area (TPSA) is 107 Å². The number of amides is 1. The van der Waals surface area contributed by atoms with Crippen molar-refractivity contribution in [3.05, 3.63) is 68.2 Å². The van der Waals surface area contributed by atoms with E-state index in [1.807, 2.05) is 23.6 Å². The third kappa shape index (κ3) is 7.73. The van der Waals surface area contributed by atoms with Gasteiger partial charge in [0.25, 0.3) is 5.91 Å². The normalized spacial score (nSPS) is 11.5. The van der Waals surface area contributed by atoms with Crippen LogP contribution in [-0.4, -0.2) is 42.8 Å². The molecule has 11 heteroatoms. The highest BCUT2D eigenvalue weighted by Crippen LogP contribution is 2.36. The predicted octanol–water partition coefficient (Wildman–Crippen LogP) is 7.40. The third-order valence-electron chi connectivity index (χ3n) is 6.11. The van der Waals surface area contributed by atoms with Gasteiger partial charge in [0.05, 0.1) is 36.6 Å². The van der Waals surface area contributed by atoms with Crippen LogP contribution in [0, 0.1) is 5.92 Å². The van der Waals surface area contributed by atoms with Crippen molar-refractivity contribution in [1.29, 1.82) is 0 Å². The summed E-state index contributed by atoms with van der Waals surface area (Å²) in [5.41, 5.74) is 2.75. The van der Waals surface area contributed by atoms with Crippen molar-refractivity contribution in [2.75, 3.05) is 26.1 Å². The summed E-state index contributed by atoms with van der Waals surface area (Å²) in [6, 6.07) is 8.58. The molecule has 1 aromatic heterocycles. The first-order valence-corrected chi connectivity index (χ1v) is 13.8. The van der Waals surface area contributed by atoms with Crippen LogP contribution in [0.1, 0.15) is 48.2 Å². The van der Waals surface area contributed by atoms with Crippen molar-refractivity contribution in [1.82, 2.24) is 4.98 Å². The molecule has 2 aromatic carbocycles. The summed E-state index contributed by atoms with van der Waals surface area (Å²) in [4.78, 5) is 28.7. The number of carbonyl (C=O) groups excluding carboxylic acids is 1. The van der Waals surface area contributed by atoms with Crippen LogP contribution in [0.25, 0.3) is 17.3 Å². The fourth-order valence-corrected chi connectivity index (χ4v) is 5.12. The Labute approximate surface area is 241 Å². The van der Waals surface area contributed by atoms with Gasteiger partial charge in [-0.05, 0) is 30.2 Å². The first kappa shape index (κ1) is 30.4. The second-order valence-electron chi connectivity index (χ2n) is 8.56. The smallest absolute Gasteiger partial charge is 0.371 e. The number of para-hydroxylation sites is 1. The molecule has 0 spiro atoms. The fourth-order valence-electron chi connectivity index (χ4n) is 3.82. The van der Waals surface area contributed by atoms with Gasteiger partial charge >= 0.3 is 5.97 Å². The van der Waals surface area contributed by atoms with E-state index in [0.717, 1.165) is 24.0 Å². The van der Waals surface area contributed by atoms with Crippen molar-refractivity contribution in [2.24, 2.45) is 5.92 Å². The van der Waals surface area contributed by atoms with Gasteiger partial charge in [-0.1, -0.05) is 62.0 Å². The number of nitrogens with zero attached hydrogens (tertiary/aromatic N) is 1. The summed E-state index contributed by atoms with van der Waals surface area (Å²) < 4.78 is 16.5. The van der Waals surface area contributed by atoms with Crippen molar-refractivity contribution in [3.63, 3.8) is 0 Å². The number of hydrogen-bond acceptors (Lipinski definition) is 7. The number of rotatable bonds is 13. The zero-order valence-electron chi connectivity index (χ0n) is 22.0. The van der Waals surface area contributed by atoms with E-state index in [1.54, 1.807) is 7.11 Å². The number of nitrogens with one attached hydrogen (secondary N) is 1. The number of thiazole rings is 1. The molecule has 1 amide bonds. The van der Waals surface area contributed by atoms with E-state index < -0.39 is 11.9 Å². The van der Waals surface area contributed by atoms with E-state index in [-0.39, 0.29) is 26.9 Å².